The van der Waals surface area contributed by atoms with E-state index < -0.39 is 12.6 Å². The van der Waals surface area contributed by atoms with Gasteiger partial charge in [-0.05, 0) is 24.3 Å². The molecule has 0 spiro atoms. The molecule has 0 aliphatic rings. The van der Waals surface area contributed by atoms with Crippen LogP contribution >= 0.6 is 0 Å². The van der Waals surface area contributed by atoms with Crippen LogP contribution in [0.1, 0.15) is 18.1 Å². The number of aliphatic hydroxyl groups is 1. The summed E-state index contributed by atoms with van der Waals surface area (Å²) in [5.41, 5.74) is 0. The lowest BCUT2D eigenvalue weighted by atomic mass is 10.3. The molecule has 132 valence electrons. The third-order valence-corrected chi connectivity index (χ3v) is 3.16. The topological polar surface area (TPSA) is 69.4 Å². The number of rotatable bonds is 8. The average molecular weight is 345 g/mol. The van der Waals surface area contributed by atoms with Crippen LogP contribution in [0.3, 0.4) is 0 Å². The van der Waals surface area contributed by atoms with E-state index in [1.807, 2.05) is 0 Å². The van der Waals surface area contributed by atoms with Crippen LogP contribution in [0.2, 0.25) is 0 Å². The monoisotopic (exact) mass is 345 g/mol. The lowest BCUT2D eigenvalue weighted by Gasteiger charge is -2.06. The summed E-state index contributed by atoms with van der Waals surface area (Å²) in [6.45, 7) is -0.131. The number of aryl methyl sites for hydroxylation is 1. The van der Waals surface area contributed by atoms with Crippen LogP contribution in [0.4, 0.5) is 13.2 Å². The summed E-state index contributed by atoms with van der Waals surface area (Å²) in [6.07, 6.45) is -5.55. The van der Waals surface area contributed by atoms with Crippen LogP contribution in [0.25, 0.3) is 0 Å². The number of nitrogens with zero attached hydrogens (tertiary/aromatic N) is 3. The van der Waals surface area contributed by atoms with Crippen molar-refractivity contribution >= 4 is 0 Å². The molecule has 0 amide bonds. The summed E-state index contributed by atoms with van der Waals surface area (Å²) >= 11 is 0. The highest BCUT2D eigenvalue weighted by Gasteiger charge is 2.28. The second kappa shape index (κ2) is 8.00. The molecule has 0 aliphatic heterocycles. The molecular formula is C15H18F3N3O3. The Kier molecular flexibility index (Phi) is 6.02. The first kappa shape index (κ1) is 18.1. The maximum Gasteiger partial charge on any atom is 0.389 e. The summed E-state index contributed by atoms with van der Waals surface area (Å²) in [5.74, 6) is 1.68. The Bertz CT molecular complexity index is 642. The highest BCUT2D eigenvalue weighted by molar-refractivity contribution is 5.31. The van der Waals surface area contributed by atoms with Gasteiger partial charge in [-0.2, -0.15) is 18.3 Å². The maximum absolute atomic E-state index is 12.4. The Morgan fingerprint density at radius 2 is 1.83 bits per heavy atom. The van der Waals surface area contributed by atoms with E-state index in [0.717, 1.165) is 0 Å². The van der Waals surface area contributed by atoms with E-state index in [1.165, 1.54) is 4.68 Å². The van der Waals surface area contributed by atoms with Crippen molar-refractivity contribution in [1.29, 1.82) is 0 Å². The Morgan fingerprint density at radius 1 is 1.17 bits per heavy atom. The normalized spacial score (nSPS) is 11.5. The Morgan fingerprint density at radius 3 is 2.42 bits per heavy atom. The van der Waals surface area contributed by atoms with Crippen molar-refractivity contribution in [2.45, 2.75) is 32.2 Å². The number of benzene rings is 1. The van der Waals surface area contributed by atoms with E-state index in [4.69, 9.17) is 14.6 Å². The Hall–Kier alpha value is -2.29. The fourth-order valence-electron chi connectivity index (χ4n) is 2.02. The summed E-state index contributed by atoms with van der Waals surface area (Å²) in [4.78, 5) is 4.07. The summed E-state index contributed by atoms with van der Waals surface area (Å²) in [6, 6.07) is 6.85. The summed E-state index contributed by atoms with van der Waals surface area (Å²) in [5, 5.41) is 13.1. The molecule has 0 atom stereocenters. The van der Waals surface area contributed by atoms with Gasteiger partial charge in [-0.15, -0.1) is 0 Å². The number of hydrogen-bond acceptors (Lipinski definition) is 5. The molecule has 0 aliphatic carbocycles. The minimum atomic E-state index is -4.27. The lowest BCUT2D eigenvalue weighted by Crippen LogP contribution is -2.13. The number of alkyl halides is 3. The molecule has 1 N–H and O–H groups in total. The summed E-state index contributed by atoms with van der Waals surface area (Å²) < 4.78 is 48.9. The zero-order valence-corrected chi connectivity index (χ0v) is 13.1. The molecule has 9 heteroatoms. The van der Waals surface area contributed by atoms with Gasteiger partial charge < -0.3 is 14.6 Å². The van der Waals surface area contributed by atoms with E-state index in [-0.39, 0.29) is 37.8 Å². The molecule has 0 bridgehead atoms. The number of aromatic nitrogens is 3. The van der Waals surface area contributed by atoms with Crippen LogP contribution in [-0.2, 0) is 19.6 Å². The van der Waals surface area contributed by atoms with Gasteiger partial charge in [-0.1, -0.05) is 0 Å². The molecule has 1 heterocycles. The fraction of sp³-hybridized carbons (Fsp3) is 0.467. The van der Waals surface area contributed by atoms with Crippen molar-refractivity contribution in [1.82, 2.24) is 14.8 Å². The van der Waals surface area contributed by atoms with E-state index in [9.17, 15) is 13.2 Å². The molecule has 2 aromatic rings. The van der Waals surface area contributed by atoms with E-state index in [1.54, 1.807) is 31.4 Å². The Labute approximate surface area is 136 Å². The van der Waals surface area contributed by atoms with Crippen molar-refractivity contribution < 1.29 is 27.8 Å². The molecule has 6 nitrogen and oxygen atoms in total. The second-order valence-electron chi connectivity index (χ2n) is 4.97. The van der Waals surface area contributed by atoms with Gasteiger partial charge in [0.05, 0.1) is 26.7 Å². The molecule has 0 unspecified atom stereocenters. The van der Waals surface area contributed by atoms with Gasteiger partial charge in [-0.3, -0.25) is 0 Å². The smallest absolute Gasteiger partial charge is 0.389 e. The van der Waals surface area contributed by atoms with Gasteiger partial charge in [0.15, 0.2) is 5.82 Å². The molecule has 2 rings (SSSR count). The van der Waals surface area contributed by atoms with Gasteiger partial charge in [0.25, 0.3) is 0 Å². The van der Waals surface area contributed by atoms with Crippen LogP contribution < -0.4 is 9.47 Å². The van der Waals surface area contributed by atoms with Gasteiger partial charge >= 0.3 is 6.18 Å². The highest BCUT2D eigenvalue weighted by Crippen LogP contribution is 2.22. The van der Waals surface area contributed by atoms with Gasteiger partial charge in [0.2, 0.25) is 0 Å². The van der Waals surface area contributed by atoms with Crippen LogP contribution in [0.15, 0.2) is 24.3 Å². The second-order valence-corrected chi connectivity index (χ2v) is 4.97. The lowest BCUT2D eigenvalue weighted by molar-refractivity contribution is -0.134. The number of halogens is 3. The molecular weight excluding hydrogens is 327 g/mol. The van der Waals surface area contributed by atoms with E-state index in [0.29, 0.717) is 11.5 Å². The predicted molar refractivity (Wildman–Crippen MR) is 78.8 cm³/mol. The fourth-order valence-corrected chi connectivity index (χ4v) is 2.02. The predicted octanol–water partition coefficient (Wildman–Crippen LogP) is 2.35. The quantitative estimate of drug-likeness (QED) is 0.795. The molecule has 0 saturated carbocycles. The van der Waals surface area contributed by atoms with Gasteiger partial charge in [0, 0.05) is 6.42 Å². The summed E-state index contributed by atoms with van der Waals surface area (Å²) in [7, 11) is 1.55. The molecule has 24 heavy (non-hydrogen) atoms. The molecule has 0 saturated heterocycles. The maximum atomic E-state index is 12.4. The molecule has 1 aromatic heterocycles. The zero-order valence-electron chi connectivity index (χ0n) is 13.1. The third kappa shape index (κ3) is 5.41. The van der Waals surface area contributed by atoms with Gasteiger partial charge in [0.1, 0.15) is 23.9 Å². The first-order valence-corrected chi connectivity index (χ1v) is 7.28. The van der Waals surface area contributed by atoms with Crippen molar-refractivity contribution in [2.24, 2.45) is 0 Å². The standard InChI is InChI=1S/C15H18F3N3O3/c1-23-11-2-4-12(5-3-11)24-10-13-19-14(6-7-15(16,17)18)21(20-13)8-9-22/h2-5,22H,6-10H2,1H3. The number of methoxy groups -OCH3 is 1. The number of hydrogen-bond donors (Lipinski definition) is 1. The van der Waals surface area contributed by atoms with Crippen molar-refractivity contribution in [3.63, 3.8) is 0 Å². The first-order valence-electron chi connectivity index (χ1n) is 7.28. The van der Waals surface area contributed by atoms with Crippen molar-refractivity contribution in [2.75, 3.05) is 13.7 Å². The minimum Gasteiger partial charge on any atom is -0.497 e. The van der Waals surface area contributed by atoms with Crippen LogP contribution in [0.5, 0.6) is 11.5 Å². The van der Waals surface area contributed by atoms with E-state index >= 15 is 0 Å². The van der Waals surface area contributed by atoms with E-state index in [2.05, 4.69) is 10.1 Å². The SMILES string of the molecule is COc1ccc(OCc2nc(CCC(F)(F)F)n(CCO)n2)cc1. The van der Waals surface area contributed by atoms with Crippen molar-refractivity contribution in [3.8, 4) is 11.5 Å². The molecule has 0 fully saturated rings. The zero-order chi connectivity index (χ0) is 17.6. The average Bonchev–Trinajstić information content (AvgIpc) is 2.93. The number of ether oxygens (including phenoxy) is 2. The first-order chi connectivity index (χ1) is 11.4. The highest BCUT2D eigenvalue weighted by atomic mass is 19.4. The minimum absolute atomic E-state index is 0.0176. The third-order valence-electron chi connectivity index (χ3n) is 3.16. The number of aliphatic hydroxyl groups excluding tert-OH is 1. The van der Waals surface area contributed by atoms with Crippen LogP contribution in [-0.4, -0.2) is 39.8 Å². The molecule has 1 aromatic carbocycles. The molecule has 0 radical (unpaired) electrons. The largest absolute Gasteiger partial charge is 0.497 e. The van der Waals surface area contributed by atoms with Crippen LogP contribution in [0, 0.1) is 0 Å². The van der Waals surface area contributed by atoms with Crippen molar-refractivity contribution in [3.05, 3.63) is 35.9 Å². The Balaban J connectivity index is 2.01. The van der Waals surface area contributed by atoms with Gasteiger partial charge in [-0.25, -0.2) is 9.67 Å².